The van der Waals surface area contributed by atoms with Gasteiger partial charge in [0.05, 0.1) is 4.47 Å². The zero-order chi connectivity index (χ0) is 15.9. The monoisotopic (exact) mass is 354 g/mol. The number of halogens is 1. The molecular formula is C13H11BrN2O5. The Morgan fingerprint density at radius 2 is 1.52 bits per heavy atom. The average molecular weight is 355 g/mol. The van der Waals surface area contributed by atoms with Crippen LogP contribution in [0.5, 0.6) is 11.5 Å². The molecule has 4 amide bonds. The molecule has 0 radical (unpaired) electrons. The molecule has 1 aliphatic heterocycles. The van der Waals surface area contributed by atoms with E-state index in [4.69, 9.17) is 0 Å². The van der Waals surface area contributed by atoms with Crippen LogP contribution < -0.4 is 0 Å². The number of urea groups is 1. The largest absolute Gasteiger partial charge is 0.507 e. The highest BCUT2D eigenvalue weighted by molar-refractivity contribution is 9.10. The number of phenolic OH excluding ortho intramolecular Hbond substituents is 2. The number of amides is 4. The molecule has 8 heteroatoms. The number of benzene rings is 1. The number of likely N-dealkylation sites (N-methyl/N-ethyl adjacent to an activating group) is 2. The summed E-state index contributed by atoms with van der Waals surface area (Å²) in [4.78, 5) is 37.2. The lowest BCUT2D eigenvalue weighted by molar-refractivity contribution is -0.134. The zero-order valence-corrected chi connectivity index (χ0v) is 12.7. The first-order valence-electron chi connectivity index (χ1n) is 5.77. The van der Waals surface area contributed by atoms with E-state index in [2.05, 4.69) is 15.9 Å². The van der Waals surface area contributed by atoms with Gasteiger partial charge in [-0.25, -0.2) is 4.79 Å². The minimum absolute atomic E-state index is 0.160. The minimum Gasteiger partial charge on any atom is -0.507 e. The molecule has 7 nitrogen and oxygen atoms in total. The van der Waals surface area contributed by atoms with E-state index in [0.717, 1.165) is 15.9 Å². The summed E-state index contributed by atoms with van der Waals surface area (Å²) in [6, 6.07) is 1.71. The van der Waals surface area contributed by atoms with Crippen molar-refractivity contribution >= 4 is 39.9 Å². The number of nitrogens with zero attached hydrogens (tertiary/aromatic N) is 2. The first-order chi connectivity index (χ1) is 9.73. The third kappa shape index (κ3) is 2.49. The number of hydrogen-bond donors (Lipinski definition) is 2. The molecule has 1 saturated heterocycles. The Labute approximate surface area is 128 Å². The number of imide groups is 2. The van der Waals surface area contributed by atoms with Crippen molar-refractivity contribution in [2.45, 2.75) is 0 Å². The van der Waals surface area contributed by atoms with Gasteiger partial charge in [0.1, 0.15) is 17.1 Å². The maximum Gasteiger partial charge on any atom is 0.333 e. The standard InChI is InChI=1S/C13H11BrN2O5/c1-15-11(19)7(12(20)16(2)13(15)21)3-6-4-8(14)10(18)5-9(6)17/h3-5,17-18H,1-2H3. The second kappa shape index (κ2) is 5.21. The molecule has 0 aromatic heterocycles. The minimum atomic E-state index is -0.758. The van der Waals surface area contributed by atoms with Gasteiger partial charge in [0.25, 0.3) is 11.8 Å². The summed E-state index contributed by atoms with van der Waals surface area (Å²) in [7, 11) is 2.52. The average Bonchev–Trinajstić information content (AvgIpc) is 2.44. The van der Waals surface area contributed by atoms with Crippen molar-refractivity contribution in [3.05, 3.63) is 27.7 Å². The van der Waals surface area contributed by atoms with Crippen LogP contribution in [0.25, 0.3) is 6.08 Å². The summed E-state index contributed by atoms with van der Waals surface area (Å²) in [6.07, 6.45) is 1.17. The van der Waals surface area contributed by atoms with E-state index >= 15 is 0 Å². The van der Waals surface area contributed by atoms with E-state index in [-0.39, 0.29) is 22.6 Å². The topological polar surface area (TPSA) is 98.2 Å². The summed E-state index contributed by atoms with van der Waals surface area (Å²) >= 11 is 3.07. The van der Waals surface area contributed by atoms with Gasteiger partial charge in [0.2, 0.25) is 0 Å². The van der Waals surface area contributed by atoms with Gasteiger partial charge in [-0.15, -0.1) is 0 Å². The Morgan fingerprint density at radius 3 is 2.05 bits per heavy atom. The third-order valence-electron chi connectivity index (χ3n) is 3.04. The van der Waals surface area contributed by atoms with E-state index in [0.29, 0.717) is 4.47 Å². The van der Waals surface area contributed by atoms with Gasteiger partial charge in [-0.05, 0) is 28.1 Å². The van der Waals surface area contributed by atoms with Crippen molar-refractivity contribution in [1.29, 1.82) is 0 Å². The van der Waals surface area contributed by atoms with Crippen LogP contribution in [-0.2, 0) is 9.59 Å². The fourth-order valence-electron chi connectivity index (χ4n) is 1.81. The second-order valence-electron chi connectivity index (χ2n) is 4.43. The molecule has 1 aromatic rings. The van der Waals surface area contributed by atoms with E-state index in [1.54, 1.807) is 0 Å². The molecule has 0 aliphatic carbocycles. The van der Waals surface area contributed by atoms with Gasteiger partial charge in [0.15, 0.2) is 0 Å². The van der Waals surface area contributed by atoms with Crippen LogP contribution in [0.15, 0.2) is 22.2 Å². The van der Waals surface area contributed by atoms with Crippen molar-refractivity contribution in [3.63, 3.8) is 0 Å². The Hall–Kier alpha value is -2.35. The van der Waals surface area contributed by atoms with E-state index < -0.39 is 17.8 Å². The lowest BCUT2D eigenvalue weighted by Gasteiger charge is -2.28. The van der Waals surface area contributed by atoms with Crippen molar-refractivity contribution in [2.24, 2.45) is 0 Å². The summed E-state index contributed by atoms with van der Waals surface area (Å²) in [5.41, 5.74) is -0.0972. The molecule has 21 heavy (non-hydrogen) atoms. The Bertz CT molecular complexity index is 672. The highest BCUT2D eigenvalue weighted by Gasteiger charge is 2.37. The molecule has 0 bridgehead atoms. The third-order valence-corrected chi connectivity index (χ3v) is 3.68. The maximum atomic E-state index is 12.0. The molecule has 0 atom stereocenters. The number of aromatic hydroxyl groups is 2. The molecule has 1 fully saturated rings. The Morgan fingerprint density at radius 1 is 1.00 bits per heavy atom. The summed E-state index contributed by atoms with van der Waals surface area (Å²) in [5, 5.41) is 19.2. The molecular weight excluding hydrogens is 344 g/mol. The van der Waals surface area contributed by atoms with Crippen molar-refractivity contribution < 1.29 is 24.6 Å². The predicted octanol–water partition coefficient (Wildman–Crippen LogP) is 1.29. The number of hydrogen-bond acceptors (Lipinski definition) is 5. The fraction of sp³-hybridized carbons (Fsp3) is 0.154. The van der Waals surface area contributed by atoms with Crippen LogP contribution in [0.2, 0.25) is 0 Å². The van der Waals surface area contributed by atoms with Gasteiger partial charge in [-0.1, -0.05) is 0 Å². The molecule has 1 aromatic carbocycles. The van der Waals surface area contributed by atoms with E-state index in [1.165, 1.54) is 26.2 Å². The molecule has 1 heterocycles. The van der Waals surface area contributed by atoms with E-state index in [9.17, 15) is 24.6 Å². The van der Waals surface area contributed by atoms with Crippen LogP contribution in [0, 0.1) is 0 Å². The SMILES string of the molecule is CN1C(=O)C(=Cc2cc(Br)c(O)cc2O)C(=O)N(C)C1=O. The second-order valence-corrected chi connectivity index (χ2v) is 5.29. The van der Waals surface area contributed by atoms with Crippen molar-refractivity contribution in [3.8, 4) is 11.5 Å². The number of carbonyl (C=O) groups is 3. The van der Waals surface area contributed by atoms with Crippen molar-refractivity contribution in [2.75, 3.05) is 14.1 Å². The van der Waals surface area contributed by atoms with E-state index in [1.807, 2.05) is 0 Å². The smallest absolute Gasteiger partial charge is 0.333 e. The number of barbiturate groups is 1. The van der Waals surface area contributed by atoms with Crippen LogP contribution in [0.1, 0.15) is 5.56 Å². The quantitative estimate of drug-likeness (QED) is 0.584. The summed E-state index contributed by atoms with van der Waals surface area (Å²) in [6.45, 7) is 0. The van der Waals surface area contributed by atoms with Crippen LogP contribution >= 0.6 is 15.9 Å². The first kappa shape index (κ1) is 15.0. The van der Waals surface area contributed by atoms with Crippen LogP contribution in [0.4, 0.5) is 4.79 Å². The fourth-order valence-corrected chi connectivity index (χ4v) is 2.17. The molecule has 0 unspecified atom stereocenters. The lowest BCUT2D eigenvalue weighted by atomic mass is 10.1. The normalized spacial score (nSPS) is 15.8. The Kier molecular flexibility index (Phi) is 3.73. The predicted molar refractivity (Wildman–Crippen MR) is 76.4 cm³/mol. The highest BCUT2D eigenvalue weighted by atomic mass is 79.9. The molecule has 110 valence electrons. The van der Waals surface area contributed by atoms with Gasteiger partial charge >= 0.3 is 6.03 Å². The molecule has 0 spiro atoms. The molecule has 2 N–H and O–H groups in total. The number of rotatable bonds is 1. The van der Waals surface area contributed by atoms with Crippen LogP contribution in [-0.4, -0.2) is 52.0 Å². The maximum absolute atomic E-state index is 12.0. The van der Waals surface area contributed by atoms with Gasteiger partial charge in [-0.2, -0.15) is 0 Å². The zero-order valence-electron chi connectivity index (χ0n) is 11.1. The summed E-state index contributed by atoms with van der Waals surface area (Å²) < 4.78 is 0.292. The highest BCUT2D eigenvalue weighted by Crippen LogP contribution is 2.33. The van der Waals surface area contributed by atoms with Gasteiger partial charge in [-0.3, -0.25) is 19.4 Å². The number of carbonyl (C=O) groups excluding carboxylic acids is 3. The van der Waals surface area contributed by atoms with Gasteiger partial charge < -0.3 is 10.2 Å². The van der Waals surface area contributed by atoms with Crippen LogP contribution in [0.3, 0.4) is 0 Å². The lowest BCUT2D eigenvalue weighted by Crippen LogP contribution is -2.52. The summed E-state index contributed by atoms with van der Waals surface area (Å²) in [5.74, 6) is -2.00. The molecule has 2 rings (SSSR count). The Balaban J connectivity index is 2.54. The molecule has 0 saturated carbocycles. The van der Waals surface area contributed by atoms with Crippen molar-refractivity contribution in [1.82, 2.24) is 9.80 Å². The number of phenols is 2. The molecule has 1 aliphatic rings. The first-order valence-corrected chi connectivity index (χ1v) is 6.56. The van der Waals surface area contributed by atoms with Gasteiger partial charge in [0, 0.05) is 25.7 Å².